The predicted molar refractivity (Wildman–Crippen MR) is 96.0 cm³/mol. The minimum absolute atomic E-state index is 0.0601. The second kappa shape index (κ2) is 7.14. The Morgan fingerprint density at radius 3 is 2.67 bits per heavy atom. The van der Waals surface area contributed by atoms with Gasteiger partial charge in [0.1, 0.15) is 5.60 Å². The Labute approximate surface area is 145 Å². The largest absolute Gasteiger partial charge is 0.444 e. The molecule has 2 aliphatic rings. The van der Waals surface area contributed by atoms with Gasteiger partial charge in [-0.25, -0.2) is 4.79 Å². The van der Waals surface area contributed by atoms with Crippen LogP contribution in [0.5, 0.6) is 0 Å². The predicted octanol–water partition coefficient (Wildman–Crippen LogP) is 3.91. The molecule has 132 valence electrons. The van der Waals surface area contributed by atoms with Gasteiger partial charge in [-0.1, -0.05) is 30.7 Å². The van der Waals surface area contributed by atoms with Gasteiger partial charge in [0.15, 0.2) is 0 Å². The SMILES string of the molecule is CC(C)(C)OC(=O)N1CCc2ccccc2C1CNCC1CCC1. The summed E-state index contributed by atoms with van der Waals surface area (Å²) in [4.78, 5) is 14.6. The van der Waals surface area contributed by atoms with E-state index < -0.39 is 5.60 Å². The molecule has 0 spiro atoms. The molecule has 1 heterocycles. The molecule has 3 rings (SSSR count). The van der Waals surface area contributed by atoms with Crippen molar-refractivity contribution in [1.82, 2.24) is 10.2 Å². The maximum Gasteiger partial charge on any atom is 0.410 e. The molecule has 0 aromatic heterocycles. The van der Waals surface area contributed by atoms with Crippen molar-refractivity contribution in [2.45, 2.75) is 58.1 Å². The van der Waals surface area contributed by atoms with Crippen molar-refractivity contribution in [1.29, 1.82) is 0 Å². The maximum absolute atomic E-state index is 12.7. The normalized spacial score (nSPS) is 21.1. The van der Waals surface area contributed by atoms with Gasteiger partial charge in [0.25, 0.3) is 0 Å². The number of nitrogens with one attached hydrogen (secondary N) is 1. The number of hydrogen-bond donors (Lipinski definition) is 1. The Morgan fingerprint density at radius 1 is 1.25 bits per heavy atom. The summed E-state index contributed by atoms with van der Waals surface area (Å²) in [7, 11) is 0. The average Bonchev–Trinajstić information content (AvgIpc) is 2.47. The maximum atomic E-state index is 12.7. The molecule has 1 unspecified atom stereocenters. The molecular weight excluding hydrogens is 300 g/mol. The topological polar surface area (TPSA) is 41.6 Å². The van der Waals surface area contributed by atoms with Gasteiger partial charge in [-0.05, 0) is 63.6 Å². The lowest BCUT2D eigenvalue weighted by Gasteiger charge is -2.38. The molecule has 4 heteroatoms. The summed E-state index contributed by atoms with van der Waals surface area (Å²) < 4.78 is 5.64. The molecule has 4 nitrogen and oxygen atoms in total. The third-order valence-corrected chi connectivity index (χ3v) is 5.04. The Bertz CT molecular complexity index is 575. The Balaban J connectivity index is 1.72. The molecule has 1 aromatic rings. The van der Waals surface area contributed by atoms with Crippen LogP contribution in [0.25, 0.3) is 0 Å². The van der Waals surface area contributed by atoms with E-state index in [1.807, 2.05) is 25.7 Å². The van der Waals surface area contributed by atoms with E-state index in [4.69, 9.17) is 4.74 Å². The molecule has 1 fully saturated rings. The van der Waals surface area contributed by atoms with Crippen LogP contribution in [0.3, 0.4) is 0 Å². The fraction of sp³-hybridized carbons (Fsp3) is 0.650. The zero-order chi connectivity index (χ0) is 17.2. The number of carbonyl (C=O) groups excluding carboxylic acids is 1. The summed E-state index contributed by atoms with van der Waals surface area (Å²) >= 11 is 0. The number of carbonyl (C=O) groups is 1. The second-order valence-electron chi connectivity index (χ2n) is 8.09. The number of amides is 1. The van der Waals surface area contributed by atoms with Gasteiger partial charge in [0.05, 0.1) is 6.04 Å². The van der Waals surface area contributed by atoms with Crippen LogP contribution in [0.2, 0.25) is 0 Å². The first kappa shape index (κ1) is 17.3. The molecule has 1 saturated carbocycles. The van der Waals surface area contributed by atoms with Gasteiger partial charge in [-0.15, -0.1) is 0 Å². The van der Waals surface area contributed by atoms with Crippen molar-refractivity contribution in [2.24, 2.45) is 5.92 Å². The Hall–Kier alpha value is -1.55. The molecule has 1 amide bonds. The summed E-state index contributed by atoms with van der Waals surface area (Å²) in [6.07, 6.45) is 4.73. The van der Waals surface area contributed by atoms with Crippen LogP contribution in [-0.2, 0) is 11.2 Å². The summed E-state index contributed by atoms with van der Waals surface area (Å²) in [5.41, 5.74) is 2.15. The van der Waals surface area contributed by atoms with Crippen LogP contribution in [0, 0.1) is 5.92 Å². The zero-order valence-corrected chi connectivity index (χ0v) is 15.2. The quantitative estimate of drug-likeness (QED) is 0.910. The van der Waals surface area contributed by atoms with Crippen molar-refractivity contribution < 1.29 is 9.53 Å². The number of benzene rings is 1. The highest BCUT2D eigenvalue weighted by Gasteiger charge is 2.33. The van der Waals surface area contributed by atoms with Crippen LogP contribution in [0.4, 0.5) is 4.79 Å². The number of nitrogens with zero attached hydrogens (tertiary/aromatic N) is 1. The van der Waals surface area contributed by atoms with E-state index in [9.17, 15) is 4.79 Å². The lowest BCUT2D eigenvalue weighted by molar-refractivity contribution is 0.0140. The number of fused-ring (bicyclic) bond motifs is 1. The van der Waals surface area contributed by atoms with Crippen LogP contribution >= 0.6 is 0 Å². The van der Waals surface area contributed by atoms with Gasteiger partial charge in [0, 0.05) is 13.1 Å². The molecule has 0 bridgehead atoms. The summed E-state index contributed by atoms with van der Waals surface area (Å²) in [5.74, 6) is 0.818. The van der Waals surface area contributed by atoms with E-state index in [0.717, 1.165) is 32.0 Å². The zero-order valence-electron chi connectivity index (χ0n) is 15.2. The molecule has 1 aliphatic carbocycles. The van der Waals surface area contributed by atoms with E-state index in [2.05, 4.69) is 29.6 Å². The van der Waals surface area contributed by atoms with E-state index in [0.29, 0.717) is 0 Å². The standard InChI is InChI=1S/C20H30N2O2/c1-20(2,3)24-19(23)22-12-11-16-9-4-5-10-17(16)18(22)14-21-13-15-7-6-8-15/h4-5,9-10,15,18,21H,6-8,11-14H2,1-3H3. The Morgan fingerprint density at radius 2 is 2.00 bits per heavy atom. The smallest absolute Gasteiger partial charge is 0.410 e. The van der Waals surface area contributed by atoms with Crippen LogP contribution < -0.4 is 5.32 Å². The van der Waals surface area contributed by atoms with Gasteiger partial charge in [-0.3, -0.25) is 4.90 Å². The molecular formula is C20H30N2O2. The molecule has 0 radical (unpaired) electrons. The summed E-state index contributed by atoms with van der Waals surface area (Å²) in [6.45, 7) is 8.35. The van der Waals surface area contributed by atoms with E-state index in [1.54, 1.807) is 0 Å². The molecule has 0 saturated heterocycles. The molecule has 24 heavy (non-hydrogen) atoms. The molecule has 1 aliphatic heterocycles. The van der Waals surface area contributed by atoms with Crippen molar-refractivity contribution in [2.75, 3.05) is 19.6 Å². The third kappa shape index (κ3) is 4.10. The van der Waals surface area contributed by atoms with Gasteiger partial charge in [-0.2, -0.15) is 0 Å². The number of rotatable bonds is 4. The lowest BCUT2D eigenvalue weighted by atomic mass is 9.85. The van der Waals surface area contributed by atoms with Crippen LogP contribution in [-0.4, -0.2) is 36.2 Å². The monoisotopic (exact) mass is 330 g/mol. The highest BCUT2D eigenvalue weighted by Crippen LogP contribution is 2.31. The van der Waals surface area contributed by atoms with Crippen molar-refractivity contribution in [3.8, 4) is 0 Å². The van der Waals surface area contributed by atoms with Gasteiger partial charge < -0.3 is 10.1 Å². The van der Waals surface area contributed by atoms with Gasteiger partial charge >= 0.3 is 6.09 Å². The fourth-order valence-corrected chi connectivity index (χ4v) is 3.53. The first-order chi connectivity index (χ1) is 11.4. The molecule has 1 aromatic carbocycles. The van der Waals surface area contributed by atoms with Gasteiger partial charge in [0.2, 0.25) is 0 Å². The van der Waals surface area contributed by atoms with Crippen LogP contribution in [0.15, 0.2) is 24.3 Å². The second-order valence-corrected chi connectivity index (χ2v) is 8.09. The average molecular weight is 330 g/mol. The summed E-state index contributed by atoms with van der Waals surface area (Å²) in [6, 6.07) is 8.55. The first-order valence-electron chi connectivity index (χ1n) is 9.22. The Kier molecular flexibility index (Phi) is 5.14. The highest BCUT2D eigenvalue weighted by molar-refractivity contribution is 5.69. The minimum atomic E-state index is -0.460. The van der Waals surface area contributed by atoms with Crippen molar-refractivity contribution >= 4 is 6.09 Å². The number of hydrogen-bond acceptors (Lipinski definition) is 3. The van der Waals surface area contributed by atoms with Crippen LogP contribution in [0.1, 0.15) is 57.2 Å². The van der Waals surface area contributed by atoms with E-state index in [1.165, 1.54) is 30.4 Å². The summed E-state index contributed by atoms with van der Waals surface area (Å²) in [5, 5.41) is 3.60. The fourth-order valence-electron chi connectivity index (χ4n) is 3.53. The van der Waals surface area contributed by atoms with Crippen molar-refractivity contribution in [3.05, 3.63) is 35.4 Å². The highest BCUT2D eigenvalue weighted by atomic mass is 16.6. The lowest BCUT2D eigenvalue weighted by Crippen LogP contribution is -2.46. The first-order valence-corrected chi connectivity index (χ1v) is 9.22. The van der Waals surface area contributed by atoms with E-state index >= 15 is 0 Å². The molecule has 1 N–H and O–H groups in total. The molecule has 1 atom stereocenters. The van der Waals surface area contributed by atoms with E-state index in [-0.39, 0.29) is 12.1 Å². The van der Waals surface area contributed by atoms with Crippen molar-refractivity contribution in [3.63, 3.8) is 0 Å². The third-order valence-electron chi connectivity index (χ3n) is 5.04. The number of ether oxygens (including phenoxy) is 1. The minimum Gasteiger partial charge on any atom is -0.444 e.